The van der Waals surface area contributed by atoms with Crippen molar-refractivity contribution in [2.75, 3.05) is 36.8 Å². The largest absolute Gasteiger partial charge is 0.389 e. The first-order valence-electron chi connectivity index (χ1n) is 17.4. The number of hydrogen-bond acceptors (Lipinski definition) is 12. The Labute approximate surface area is 284 Å². The molecule has 4 aromatic rings. The number of likely N-dealkylation sites (tertiary alicyclic amines) is 1. The van der Waals surface area contributed by atoms with Crippen molar-refractivity contribution in [3.63, 3.8) is 0 Å². The van der Waals surface area contributed by atoms with E-state index >= 15 is 0 Å². The monoisotopic (exact) mass is 666 g/mol. The average Bonchev–Trinajstić information content (AvgIpc) is 3.87. The third kappa shape index (κ3) is 4.66. The molecule has 0 saturated carbocycles. The van der Waals surface area contributed by atoms with Gasteiger partial charge in [0, 0.05) is 29.6 Å². The number of β-amino-alcohol motifs (C(OH)–C–C–N with tert-alkyl or cyclic N) is 1. The number of rotatable bonds is 5. The van der Waals surface area contributed by atoms with E-state index in [0.29, 0.717) is 64.1 Å². The molecule has 4 atom stereocenters. The molecule has 2 fully saturated rings. The maximum Gasteiger partial charge on any atom is 0.186 e. The van der Waals surface area contributed by atoms with E-state index in [2.05, 4.69) is 35.8 Å². The molecule has 3 N–H and O–H groups in total. The summed E-state index contributed by atoms with van der Waals surface area (Å²) in [5.41, 5.74) is 9.11. The maximum atomic E-state index is 11.1. The normalized spacial score (nSPS) is 26.4. The minimum Gasteiger partial charge on any atom is -0.389 e. The molecule has 250 valence electrons. The SMILES string of the molecule is CCN1CCC[C@H]1[C@H](C)n1nc(C#N)c2c(N3CCC[C@@](C)(O)C3)nc(-c3noc4c3CCC[C@@]43CCCc4sc(N)c(C#N)c43)nc21. The van der Waals surface area contributed by atoms with Gasteiger partial charge in [-0.25, -0.2) is 14.6 Å². The van der Waals surface area contributed by atoms with Gasteiger partial charge in [0.1, 0.15) is 23.0 Å². The molecule has 6 heterocycles. The van der Waals surface area contributed by atoms with E-state index in [1.807, 2.05) is 11.6 Å². The second-order valence-corrected chi connectivity index (χ2v) is 15.6. The molecule has 8 rings (SSSR count). The number of aromatic nitrogens is 5. The fraction of sp³-hybridized carbons (Fsp3) is 0.600. The number of nitrogens with zero attached hydrogens (tertiary/aromatic N) is 9. The van der Waals surface area contributed by atoms with Crippen LogP contribution >= 0.6 is 11.3 Å². The lowest BCUT2D eigenvalue weighted by Crippen LogP contribution is -2.46. The molecular weight excluding hydrogens is 625 g/mol. The molecule has 0 unspecified atom stereocenters. The summed E-state index contributed by atoms with van der Waals surface area (Å²) in [6.07, 6.45) is 8.96. The van der Waals surface area contributed by atoms with Crippen LogP contribution in [-0.4, -0.2) is 72.7 Å². The van der Waals surface area contributed by atoms with Gasteiger partial charge in [-0.15, -0.1) is 11.3 Å². The lowest BCUT2D eigenvalue weighted by atomic mass is 9.63. The van der Waals surface area contributed by atoms with Gasteiger partial charge in [-0.05, 0) is 96.7 Å². The van der Waals surface area contributed by atoms with Gasteiger partial charge in [0.25, 0.3) is 0 Å². The molecule has 0 radical (unpaired) electrons. The standard InChI is InChI=1S/C35H42N10O2S/c1-4-43-15-7-10-24(43)20(2)45-33-26(23(18-37)41-45)32(44-16-8-12-34(3,46)19-44)39-31(40-33)28-21-9-5-13-35(29(21)47-42-28)14-6-11-25-27(35)22(17-36)30(38)48-25/h20,24,46H,4-16,19,38H2,1-3H3/t20-,24-,34+,35-/m0/s1. The second kappa shape index (κ2) is 11.5. The highest BCUT2D eigenvalue weighted by atomic mass is 32.1. The van der Waals surface area contributed by atoms with Crippen molar-refractivity contribution in [1.82, 2.24) is 29.8 Å². The summed E-state index contributed by atoms with van der Waals surface area (Å²) in [5, 5.41) is 42.5. The minimum absolute atomic E-state index is 0.0271. The lowest BCUT2D eigenvalue weighted by Gasteiger charge is -2.39. The fourth-order valence-corrected chi connectivity index (χ4v) is 10.4. The molecule has 0 amide bonds. The van der Waals surface area contributed by atoms with Crippen molar-refractivity contribution in [3.05, 3.63) is 33.0 Å². The number of piperidine rings is 1. The average molecular weight is 667 g/mol. The first kappa shape index (κ1) is 31.2. The van der Waals surface area contributed by atoms with Gasteiger partial charge in [-0.1, -0.05) is 12.1 Å². The Morgan fingerprint density at radius 3 is 2.67 bits per heavy atom. The van der Waals surface area contributed by atoms with Crippen LogP contribution < -0.4 is 10.6 Å². The summed E-state index contributed by atoms with van der Waals surface area (Å²) in [4.78, 5) is 16.1. The molecule has 2 saturated heterocycles. The number of anilines is 2. The third-order valence-electron chi connectivity index (χ3n) is 11.4. The third-order valence-corrected chi connectivity index (χ3v) is 12.5. The van der Waals surface area contributed by atoms with Gasteiger partial charge in [0.05, 0.1) is 28.0 Å². The van der Waals surface area contributed by atoms with Crippen LogP contribution in [0.4, 0.5) is 10.8 Å². The number of fused-ring (bicyclic) bond motifs is 5. The number of hydrogen-bond donors (Lipinski definition) is 2. The lowest BCUT2D eigenvalue weighted by molar-refractivity contribution is 0.0448. The molecule has 0 aromatic carbocycles. The summed E-state index contributed by atoms with van der Waals surface area (Å²) >= 11 is 1.53. The number of likely N-dealkylation sites (N-methyl/N-ethyl adjacent to an activating group) is 1. The topological polar surface area (TPSA) is 170 Å². The zero-order valence-corrected chi connectivity index (χ0v) is 28.7. The Balaban J connectivity index is 1.33. The summed E-state index contributed by atoms with van der Waals surface area (Å²) in [5.74, 6) is 1.83. The van der Waals surface area contributed by atoms with Crippen LogP contribution in [0, 0.1) is 22.7 Å². The van der Waals surface area contributed by atoms with Crippen molar-refractivity contribution in [2.24, 2.45) is 0 Å². The van der Waals surface area contributed by atoms with Crippen LogP contribution in [-0.2, 0) is 18.3 Å². The van der Waals surface area contributed by atoms with Gasteiger partial charge >= 0.3 is 0 Å². The number of nitrogens with two attached hydrogens (primary N) is 1. The van der Waals surface area contributed by atoms with E-state index in [1.54, 1.807) is 0 Å². The highest BCUT2D eigenvalue weighted by Gasteiger charge is 2.49. The van der Waals surface area contributed by atoms with Gasteiger partial charge in [-0.3, -0.25) is 4.90 Å². The van der Waals surface area contributed by atoms with E-state index in [4.69, 9.17) is 30.5 Å². The van der Waals surface area contributed by atoms with E-state index in [1.165, 1.54) is 16.2 Å². The molecule has 4 aromatic heterocycles. The number of nitrogen functional groups attached to an aromatic ring is 1. The van der Waals surface area contributed by atoms with Gasteiger partial charge in [0.2, 0.25) is 0 Å². The van der Waals surface area contributed by atoms with Crippen molar-refractivity contribution in [3.8, 4) is 23.7 Å². The summed E-state index contributed by atoms with van der Waals surface area (Å²) < 4.78 is 8.26. The maximum absolute atomic E-state index is 11.1. The van der Waals surface area contributed by atoms with Crippen LogP contribution in [0.1, 0.15) is 111 Å². The van der Waals surface area contributed by atoms with Gasteiger partial charge < -0.3 is 20.3 Å². The Morgan fingerprint density at radius 1 is 1.10 bits per heavy atom. The molecule has 48 heavy (non-hydrogen) atoms. The first-order chi connectivity index (χ1) is 23.2. The van der Waals surface area contributed by atoms with Crippen molar-refractivity contribution >= 4 is 33.2 Å². The van der Waals surface area contributed by atoms with Crippen LogP contribution in [0.2, 0.25) is 0 Å². The number of nitriles is 2. The second-order valence-electron chi connectivity index (χ2n) is 14.5. The van der Waals surface area contributed by atoms with E-state index in [-0.39, 0.29) is 12.1 Å². The van der Waals surface area contributed by atoms with Crippen LogP contribution in [0.3, 0.4) is 0 Å². The van der Waals surface area contributed by atoms with Gasteiger partial charge in [-0.2, -0.15) is 15.6 Å². The summed E-state index contributed by atoms with van der Waals surface area (Å²) in [7, 11) is 0. The van der Waals surface area contributed by atoms with Gasteiger partial charge in [0.15, 0.2) is 28.6 Å². The van der Waals surface area contributed by atoms with E-state index in [9.17, 15) is 15.6 Å². The smallest absolute Gasteiger partial charge is 0.186 e. The zero-order chi connectivity index (χ0) is 33.4. The first-order valence-corrected chi connectivity index (χ1v) is 18.2. The highest BCUT2D eigenvalue weighted by molar-refractivity contribution is 7.16. The molecule has 2 aliphatic heterocycles. The fourth-order valence-electron chi connectivity index (χ4n) is 9.29. The van der Waals surface area contributed by atoms with Crippen LogP contribution in [0.5, 0.6) is 0 Å². The molecule has 2 aliphatic carbocycles. The van der Waals surface area contributed by atoms with Crippen molar-refractivity contribution < 1.29 is 9.63 Å². The highest BCUT2D eigenvalue weighted by Crippen LogP contribution is 2.55. The van der Waals surface area contributed by atoms with E-state index in [0.717, 1.165) is 87.8 Å². The Hall–Kier alpha value is -4.04. The zero-order valence-electron chi connectivity index (χ0n) is 27.9. The number of thiophene rings is 1. The summed E-state index contributed by atoms with van der Waals surface area (Å²) in [6.45, 7) is 9.28. The van der Waals surface area contributed by atoms with Crippen LogP contribution in [0.15, 0.2) is 4.52 Å². The molecule has 0 bridgehead atoms. The van der Waals surface area contributed by atoms with Crippen molar-refractivity contribution in [1.29, 1.82) is 10.5 Å². The molecule has 4 aliphatic rings. The minimum atomic E-state index is -0.893. The summed E-state index contributed by atoms with van der Waals surface area (Å²) in [6, 6.07) is 4.99. The Morgan fingerprint density at radius 2 is 1.92 bits per heavy atom. The van der Waals surface area contributed by atoms with Crippen molar-refractivity contribution in [2.45, 2.75) is 108 Å². The predicted octanol–water partition coefficient (Wildman–Crippen LogP) is 5.22. The van der Waals surface area contributed by atoms with E-state index < -0.39 is 11.0 Å². The number of aliphatic hydroxyl groups is 1. The molecule has 13 heteroatoms. The Bertz CT molecular complexity index is 1990. The Kier molecular flexibility index (Phi) is 7.51. The molecule has 1 spiro atoms. The predicted molar refractivity (Wildman–Crippen MR) is 183 cm³/mol. The van der Waals surface area contributed by atoms with Crippen LogP contribution in [0.25, 0.3) is 22.6 Å². The molecule has 12 nitrogen and oxygen atoms in total. The quantitative estimate of drug-likeness (QED) is 0.286. The molecular formula is C35H42N10O2S. The number of aryl methyl sites for hydroxylation is 1.